The van der Waals surface area contributed by atoms with Gasteiger partial charge in [-0.25, -0.2) is 4.39 Å². The molecule has 0 saturated heterocycles. The molecule has 1 amide bonds. The summed E-state index contributed by atoms with van der Waals surface area (Å²) in [7, 11) is 0. The molecule has 1 atom stereocenters. The number of ether oxygens (including phenoxy) is 1. The minimum atomic E-state index is -0.700. The topological polar surface area (TPSA) is 51.2 Å². The Bertz CT molecular complexity index is 983. The number of carbonyl (C=O) groups is 1. The fourth-order valence-corrected chi connectivity index (χ4v) is 3.04. The summed E-state index contributed by atoms with van der Waals surface area (Å²) in [6.45, 7) is 2.15. The quantitative estimate of drug-likeness (QED) is 0.530. The molecule has 0 bridgehead atoms. The number of hydrogen-bond acceptors (Lipinski definition) is 3. The molecule has 0 saturated carbocycles. The summed E-state index contributed by atoms with van der Waals surface area (Å²) in [4.78, 5) is 16.7. The molecule has 28 heavy (non-hydrogen) atoms. The van der Waals surface area contributed by atoms with Crippen LogP contribution in [0.25, 0.3) is 0 Å². The maximum atomic E-state index is 13.7. The Labute approximate surface area is 172 Å². The first kappa shape index (κ1) is 20.1. The molecular weight excluding hydrogens is 402 g/mol. The molecule has 4 nitrogen and oxygen atoms in total. The van der Waals surface area contributed by atoms with Crippen molar-refractivity contribution in [2.45, 2.75) is 19.6 Å². The summed E-state index contributed by atoms with van der Waals surface area (Å²) >= 11 is 11.7. The van der Waals surface area contributed by atoms with E-state index >= 15 is 0 Å². The van der Waals surface area contributed by atoms with Crippen molar-refractivity contribution in [3.63, 3.8) is 0 Å². The van der Waals surface area contributed by atoms with Crippen molar-refractivity contribution in [3.8, 4) is 5.75 Å². The van der Waals surface area contributed by atoms with Crippen molar-refractivity contribution >= 4 is 29.1 Å². The summed E-state index contributed by atoms with van der Waals surface area (Å²) < 4.78 is 19.4. The molecule has 1 N–H and O–H groups in total. The van der Waals surface area contributed by atoms with Gasteiger partial charge in [0.1, 0.15) is 18.2 Å². The monoisotopic (exact) mass is 418 g/mol. The first-order chi connectivity index (χ1) is 13.4. The lowest BCUT2D eigenvalue weighted by atomic mass is 10.1. The van der Waals surface area contributed by atoms with E-state index in [2.05, 4.69) is 10.3 Å². The van der Waals surface area contributed by atoms with Gasteiger partial charge in [-0.3, -0.25) is 9.78 Å². The zero-order valence-corrected chi connectivity index (χ0v) is 16.5. The molecule has 3 aromatic rings. The summed E-state index contributed by atoms with van der Waals surface area (Å²) in [5, 5.41) is 2.75. The number of hydrogen-bond donors (Lipinski definition) is 1. The third-order valence-electron chi connectivity index (χ3n) is 4.07. The van der Waals surface area contributed by atoms with E-state index < -0.39 is 11.7 Å². The highest BCUT2D eigenvalue weighted by Gasteiger charge is 2.17. The van der Waals surface area contributed by atoms with Gasteiger partial charge in [0.25, 0.3) is 5.91 Å². The minimum Gasteiger partial charge on any atom is -0.487 e. The third-order valence-corrected chi connectivity index (χ3v) is 4.68. The fraction of sp³-hybridized carbons (Fsp3) is 0.143. The highest BCUT2D eigenvalue weighted by atomic mass is 35.5. The average Bonchev–Trinajstić information content (AvgIpc) is 2.70. The van der Waals surface area contributed by atoms with Crippen LogP contribution in [0.1, 0.15) is 34.6 Å². The lowest BCUT2D eigenvalue weighted by molar-refractivity contribution is 0.0939. The predicted octanol–water partition coefficient (Wildman–Crippen LogP) is 5.60. The third kappa shape index (κ3) is 5.00. The molecule has 0 spiro atoms. The average molecular weight is 419 g/mol. The number of rotatable bonds is 6. The molecule has 0 aliphatic carbocycles. The van der Waals surface area contributed by atoms with E-state index in [1.807, 2.05) is 49.4 Å². The van der Waals surface area contributed by atoms with Gasteiger partial charge in [0.05, 0.1) is 27.3 Å². The lowest BCUT2D eigenvalue weighted by Gasteiger charge is -2.16. The van der Waals surface area contributed by atoms with Gasteiger partial charge in [0, 0.05) is 6.20 Å². The van der Waals surface area contributed by atoms with E-state index in [0.717, 1.165) is 17.3 Å². The second-order valence-corrected chi connectivity index (χ2v) is 6.94. The number of aromatic nitrogens is 1. The van der Waals surface area contributed by atoms with Crippen LogP contribution in [0.15, 0.2) is 60.8 Å². The van der Waals surface area contributed by atoms with Crippen LogP contribution < -0.4 is 10.1 Å². The number of halogens is 3. The predicted molar refractivity (Wildman–Crippen MR) is 107 cm³/mol. The highest BCUT2D eigenvalue weighted by molar-refractivity contribution is 6.36. The van der Waals surface area contributed by atoms with E-state index in [-0.39, 0.29) is 21.7 Å². The van der Waals surface area contributed by atoms with Gasteiger partial charge in [0.15, 0.2) is 0 Å². The van der Waals surface area contributed by atoms with Crippen LogP contribution in [0.4, 0.5) is 4.39 Å². The van der Waals surface area contributed by atoms with Crippen molar-refractivity contribution in [3.05, 3.63) is 93.5 Å². The van der Waals surface area contributed by atoms with Crippen LogP contribution in [-0.2, 0) is 6.61 Å². The largest absolute Gasteiger partial charge is 0.487 e. The van der Waals surface area contributed by atoms with Crippen molar-refractivity contribution in [1.29, 1.82) is 0 Å². The lowest BCUT2D eigenvalue weighted by Crippen LogP contribution is -2.27. The summed E-state index contributed by atoms with van der Waals surface area (Å²) in [5.41, 5.74) is 1.67. The number of carbonyl (C=O) groups excluding carboxylic acids is 1. The van der Waals surface area contributed by atoms with Crippen LogP contribution in [0.5, 0.6) is 5.75 Å². The van der Waals surface area contributed by atoms with E-state index in [1.165, 1.54) is 6.07 Å². The van der Waals surface area contributed by atoms with Crippen molar-refractivity contribution in [2.75, 3.05) is 0 Å². The van der Waals surface area contributed by atoms with Crippen molar-refractivity contribution < 1.29 is 13.9 Å². The standard InChI is InChI=1S/C21H17Cl2FN2O2/c1-13(26-21(27)17-10-20(24)19(23)11-18(17)22)14-5-4-7-16(9-14)28-12-15-6-2-3-8-25-15/h2-11,13H,12H2,1H3,(H,26,27). The highest BCUT2D eigenvalue weighted by Crippen LogP contribution is 2.25. The molecule has 1 heterocycles. The first-order valence-electron chi connectivity index (χ1n) is 8.52. The number of benzene rings is 2. The Hall–Kier alpha value is -2.63. The summed E-state index contributed by atoms with van der Waals surface area (Å²) in [5.74, 6) is -0.540. The van der Waals surface area contributed by atoms with Gasteiger partial charge in [-0.1, -0.05) is 41.4 Å². The van der Waals surface area contributed by atoms with E-state index in [1.54, 1.807) is 6.20 Å². The van der Waals surface area contributed by atoms with Gasteiger partial charge in [-0.15, -0.1) is 0 Å². The Balaban J connectivity index is 1.68. The van der Waals surface area contributed by atoms with E-state index in [0.29, 0.717) is 12.4 Å². The number of nitrogens with one attached hydrogen (secondary N) is 1. The van der Waals surface area contributed by atoms with Gasteiger partial charge >= 0.3 is 0 Å². The number of nitrogens with zero attached hydrogens (tertiary/aromatic N) is 1. The van der Waals surface area contributed by atoms with Gasteiger partial charge in [-0.2, -0.15) is 0 Å². The van der Waals surface area contributed by atoms with Crippen LogP contribution in [-0.4, -0.2) is 10.9 Å². The maximum absolute atomic E-state index is 13.7. The minimum absolute atomic E-state index is 0.0259. The smallest absolute Gasteiger partial charge is 0.253 e. The molecule has 144 valence electrons. The van der Waals surface area contributed by atoms with E-state index in [9.17, 15) is 9.18 Å². The second-order valence-electron chi connectivity index (χ2n) is 6.12. The molecule has 0 aliphatic rings. The van der Waals surface area contributed by atoms with Gasteiger partial charge < -0.3 is 10.1 Å². The normalized spacial score (nSPS) is 11.7. The van der Waals surface area contributed by atoms with Crippen LogP contribution in [0, 0.1) is 5.82 Å². The Morgan fingerprint density at radius 2 is 1.96 bits per heavy atom. The van der Waals surface area contributed by atoms with Crippen LogP contribution in [0.3, 0.4) is 0 Å². The molecule has 2 aromatic carbocycles. The zero-order chi connectivity index (χ0) is 20.1. The number of pyridine rings is 1. The maximum Gasteiger partial charge on any atom is 0.253 e. The second kappa shape index (κ2) is 9.04. The molecule has 3 rings (SSSR count). The zero-order valence-electron chi connectivity index (χ0n) is 15.0. The Morgan fingerprint density at radius 1 is 1.14 bits per heavy atom. The van der Waals surface area contributed by atoms with Crippen LogP contribution >= 0.6 is 23.2 Å². The fourth-order valence-electron chi connectivity index (χ4n) is 2.57. The molecule has 0 radical (unpaired) electrons. The Kier molecular flexibility index (Phi) is 6.49. The van der Waals surface area contributed by atoms with E-state index in [4.69, 9.17) is 27.9 Å². The molecule has 1 unspecified atom stereocenters. The molecular formula is C21H17Cl2FN2O2. The SMILES string of the molecule is CC(NC(=O)c1cc(F)c(Cl)cc1Cl)c1cccc(OCc2ccccn2)c1. The summed E-state index contributed by atoms with van der Waals surface area (Å²) in [6.07, 6.45) is 1.71. The Morgan fingerprint density at radius 3 is 2.71 bits per heavy atom. The molecule has 1 aromatic heterocycles. The molecule has 7 heteroatoms. The van der Waals surface area contributed by atoms with Crippen LogP contribution in [0.2, 0.25) is 10.0 Å². The molecule has 0 aliphatic heterocycles. The number of amides is 1. The van der Waals surface area contributed by atoms with Gasteiger partial charge in [0.2, 0.25) is 0 Å². The van der Waals surface area contributed by atoms with Crippen molar-refractivity contribution in [2.24, 2.45) is 0 Å². The van der Waals surface area contributed by atoms with Gasteiger partial charge in [-0.05, 0) is 48.9 Å². The molecule has 0 fully saturated rings. The summed E-state index contributed by atoms with van der Waals surface area (Å²) in [6, 6.07) is 14.9. The first-order valence-corrected chi connectivity index (χ1v) is 9.27. The van der Waals surface area contributed by atoms with Crippen molar-refractivity contribution in [1.82, 2.24) is 10.3 Å².